The van der Waals surface area contributed by atoms with Crippen LogP contribution in [0.5, 0.6) is 5.75 Å². The van der Waals surface area contributed by atoms with Crippen LogP contribution in [0.25, 0.3) is 0 Å². The minimum absolute atomic E-state index is 0.0460. The summed E-state index contributed by atoms with van der Waals surface area (Å²) in [6, 6.07) is 6.26. The van der Waals surface area contributed by atoms with Gasteiger partial charge in [-0.25, -0.2) is 0 Å². The second-order valence-electron chi connectivity index (χ2n) is 12.1. The van der Waals surface area contributed by atoms with Crippen molar-refractivity contribution in [1.29, 1.82) is 0 Å². The normalized spacial score (nSPS) is 34.3. The van der Waals surface area contributed by atoms with Crippen LogP contribution in [0.15, 0.2) is 36.4 Å². The Morgan fingerprint density at radius 2 is 1.90 bits per heavy atom. The van der Waals surface area contributed by atoms with Crippen molar-refractivity contribution in [1.82, 2.24) is 10.2 Å². The maximum absolute atomic E-state index is 14.1. The van der Waals surface area contributed by atoms with Gasteiger partial charge in [0.05, 0.1) is 31.2 Å². The first-order valence-electron chi connectivity index (χ1n) is 14.7. The smallest absolute Gasteiger partial charge is 0.246 e. The number of amides is 3. The van der Waals surface area contributed by atoms with Gasteiger partial charge in [-0.05, 0) is 62.8 Å². The van der Waals surface area contributed by atoms with E-state index in [1.165, 1.54) is 0 Å². The molecular formula is C31H43N3O6. The Hall–Kier alpha value is -2.91. The highest BCUT2D eigenvalue weighted by molar-refractivity contribution is 6.02. The summed E-state index contributed by atoms with van der Waals surface area (Å²) >= 11 is 0. The Labute approximate surface area is 237 Å². The van der Waals surface area contributed by atoms with Crippen molar-refractivity contribution in [3.05, 3.63) is 36.4 Å². The van der Waals surface area contributed by atoms with Crippen LogP contribution < -0.4 is 15.4 Å². The van der Waals surface area contributed by atoms with Gasteiger partial charge in [0.15, 0.2) is 0 Å². The molecule has 3 aliphatic heterocycles. The molecule has 1 saturated carbocycles. The number of rotatable bonds is 10. The van der Waals surface area contributed by atoms with Crippen molar-refractivity contribution in [2.75, 3.05) is 25.6 Å². The summed E-state index contributed by atoms with van der Waals surface area (Å²) in [5.41, 5.74) is -0.565. The molecule has 5 rings (SSSR count). The molecule has 3 heterocycles. The van der Waals surface area contributed by atoms with Crippen LogP contribution in [0.1, 0.15) is 53.4 Å². The average molecular weight is 554 g/mol. The predicted molar refractivity (Wildman–Crippen MR) is 151 cm³/mol. The van der Waals surface area contributed by atoms with E-state index in [1.807, 2.05) is 26.0 Å². The van der Waals surface area contributed by atoms with E-state index < -0.39 is 29.6 Å². The minimum atomic E-state index is -1.17. The molecule has 2 N–H and O–H groups in total. The molecule has 9 heteroatoms. The second-order valence-corrected chi connectivity index (χ2v) is 12.1. The molecule has 3 fully saturated rings. The number of ether oxygens (including phenoxy) is 3. The lowest BCUT2D eigenvalue weighted by atomic mass is 9.73. The van der Waals surface area contributed by atoms with Crippen LogP contribution in [0.3, 0.4) is 0 Å². The number of carbonyl (C=O) groups excluding carboxylic acids is 3. The topological polar surface area (TPSA) is 106 Å². The SMILES string of the molecule is COc1ccc(NC(=O)[C@@H]2[C@@H]3C=C[C@]4(O3)[C@@H]2C(=O)N(CCCOC(C)C)[C@H]4C(=O)N[C@@H]2CCC[C@@H](C)[C@@H]2C)cc1. The van der Waals surface area contributed by atoms with E-state index >= 15 is 0 Å². The van der Waals surface area contributed by atoms with E-state index in [2.05, 4.69) is 24.5 Å². The van der Waals surface area contributed by atoms with Crippen molar-refractivity contribution in [3.63, 3.8) is 0 Å². The molecule has 2 saturated heterocycles. The Morgan fingerprint density at radius 3 is 2.60 bits per heavy atom. The van der Waals surface area contributed by atoms with Gasteiger partial charge in [-0.15, -0.1) is 0 Å². The van der Waals surface area contributed by atoms with E-state index in [4.69, 9.17) is 14.2 Å². The van der Waals surface area contributed by atoms with Gasteiger partial charge < -0.3 is 29.7 Å². The number of anilines is 1. The Kier molecular flexibility index (Phi) is 8.25. The summed E-state index contributed by atoms with van der Waals surface area (Å²) in [7, 11) is 1.58. The van der Waals surface area contributed by atoms with Gasteiger partial charge in [0.1, 0.15) is 17.4 Å². The molecular weight excluding hydrogens is 510 g/mol. The zero-order valence-electron chi connectivity index (χ0n) is 24.2. The van der Waals surface area contributed by atoms with Crippen LogP contribution in [0.2, 0.25) is 0 Å². The number of nitrogens with one attached hydrogen (secondary N) is 2. The molecule has 1 aromatic rings. The van der Waals surface area contributed by atoms with Crippen LogP contribution in [-0.4, -0.2) is 72.8 Å². The number of hydrogen-bond donors (Lipinski definition) is 2. The van der Waals surface area contributed by atoms with Crippen molar-refractivity contribution < 1.29 is 28.6 Å². The molecule has 40 heavy (non-hydrogen) atoms. The summed E-state index contributed by atoms with van der Waals surface area (Å²) in [5.74, 6) is -0.671. The van der Waals surface area contributed by atoms with E-state index in [9.17, 15) is 14.4 Å². The summed E-state index contributed by atoms with van der Waals surface area (Å²) in [6.45, 7) is 9.19. The highest BCUT2D eigenvalue weighted by atomic mass is 16.5. The molecule has 1 spiro atoms. The van der Waals surface area contributed by atoms with Crippen molar-refractivity contribution in [2.45, 2.75) is 83.3 Å². The largest absolute Gasteiger partial charge is 0.497 e. The highest BCUT2D eigenvalue weighted by Gasteiger charge is 2.72. The van der Waals surface area contributed by atoms with Gasteiger partial charge in [0, 0.05) is 24.9 Å². The van der Waals surface area contributed by atoms with Crippen LogP contribution in [-0.2, 0) is 23.9 Å². The molecule has 4 aliphatic rings. The molecule has 3 amide bonds. The quantitative estimate of drug-likeness (QED) is 0.339. The fraction of sp³-hybridized carbons (Fsp3) is 0.645. The molecule has 1 aromatic carbocycles. The Morgan fingerprint density at radius 1 is 1.15 bits per heavy atom. The lowest BCUT2D eigenvalue weighted by Gasteiger charge is -2.38. The molecule has 0 radical (unpaired) electrons. The van der Waals surface area contributed by atoms with Gasteiger partial charge in [-0.3, -0.25) is 14.4 Å². The Balaban J connectivity index is 1.39. The van der Waals surface area contributed by atoms with Crippen LogP contribution in [0, 0.1) is 23.7 Å². The summed E-state index contributed by atoms with van der Waals surface area (Å²) in [6.07, 6.45) is 6.94. The summed E-state index contributed by atoms with van der Waals surface area (Å²) in [4.78, 5) is 43.4. The number of likely N-dealkylation sites (tertiary alicyclic amines) is 1. The minimum Gasteiger partial charge on any atom is -0.497 e. The number of carbonyl (C=O) groups is 3. The van der Waals surface area contributed by atoms with Crippen molar-refractivity contribution >= 4 is 23.4 Å². The zero-order chi connectivity index (χ0) is 28.6. The highest BCUT2D eigenvalue weighted by Crippen LogP contribution is 2.55. The van der Waals surface area contributed by atoms with Crippen LogP contribution >= 0.6 is 0 Å². The molecule has 1 aliphatic carbocycles. The fourth-order valence-electron chi connectivity index (χ4n) is 7.01. The maximum atomic E-state index is 14.1. The zero-order valence-corrected chi connectivity index (χ0v) is 24.2. The number of benzene rings is 1. The third kappa shape index (κ3) is 5.14. The van der Waals surface area contributed by atoms with E-state index in [0.717, 1.165) is 19.3 Å². The molecule has 9 nitrogen and oxygen atoms in total. The van der Waals surface area contributed by atoms with Crippen molar-refractivity contribution in [3.8, 4) is 5.75 Å². The predicted octanol–water partition coefficient (Wildman–Crippen LogP) is 3.54. The number of hydrogen-bond acceptors (Lipinski definition) is 6. The van der Waals surface area contributed by atoms with Gasteiger partial charge in [0.2, 0.25) is 17.7 Å². The van der Waals surface area contributed by atoms with Crippen molar-refractivity contribution in [2.24, 2.45) is 23.7 Å². The lowest BCUT2D eigenvalue weighted by molar-refractivity contribution is -0.142. The first-order chi connectivity index (χ1) is 19.2. The first kappa shape index (κ1) is 28.6. The number of methoxy groups -OCH3 is 1. The van der Waals surface area contributed by atoms with Gasteiger partial charge in [-0.1, -0.05) is 38.8 Å². The molecule has 2 bridgehead atoms. The first-order valence-corrected chi connectivity index (χ1v) is 14.7. The standard InChI is InChI=1S/C31H43N3O6/c1-18(2)39-17-7-16-34-27(29(36)33-23-9-6-8-19(3)20(23)4)31-15-14-24(40-31)25(26(31)30(34)37)28(35)32-21-10-12-22(38-5)13-11-21/h10-15,18-20,23-27H,6-9,16-17H2,1-5H3,(H,32,35)(H,33,36)/t19-,20+,23-,24+,25-,26+,27+,31+/m1/s1. The Bertz CT molecular complexity index is 1140. The maximum Gasteiger partial charge on any atom is 0.246 e. The van der Waals surface area contributed by atoms with Crippen LogP contribution in [0.4, 0.5) is 5.69 Å². The van der Waals surface area contributed by atoms with Gasteiger partial charge >= 0.3 is 0 Å². The fourth-order valence-corrected chi connectivity index (χ4v) is 7.01. The molecule has 8 atom stereocenters. The monoisotopic (exact) mass is 553 g/mol. The van der Waals surface area contributed by atoms with E-state index in [1.54, 1.807) is 36.3 Å². The molecule has 218 valence electrons. The van der Waals surface area contributed by atoms with E-state index in [0.29, 0.717) is 42.8 Å². The third-order valence-electron chi connectivity index (χ3n) is 9.31. The van der Waals surface area contributed by atoms with Gasteiger partial charge in [0.25, 0.3) is 0 Å². The molecule has 0 unspecified atom stereocenters. The second kappa shape index (κ2) is 11.5. The third-order valence-corrected chi connectivity index (χ3v) is 9.31. The number of fused-ring (bicyclic) bond motifs is 1. The molecule has 0 aromatic heterocycles. The average Bonchev–Trinajstić information content (AvgIpc) is 3.57. The lowest BCUT2D eigenvalue weighted by Crippen LogP contribution is -2.58. The summed E-state index contributed by atoms with van der Waals surface area (Å²) < 4.78 is 17.4. The summed E-state index contributed by atoms with van der Waals surface area (Å²) in [5, 5.41) is 6.24. The number of nitrogens with zero attached hydrogens (tertiary/aromatic N) is 1. The van der Waals surface area contributed by atoms with E-state index in [-0.39, 0.29) is 29.9 Å². The van der Waals surface area contributed by atoms with Gasteiger partial charge in [-0.2, -0.15) is 0 Å².